The van der Waals surface area contributed by atoms with Crippen LogP contribution in [0.5, 0.6) is 5.75 Å². The van der Waals surface area contributed by atoms with E-state index in [-0.39, 0.29) is 5.97 Å². The van der Waals surface area contributed by atoms with E-state index in [0.717, 1.165) is 24.3 Å². The fourth-order valence-electron chi connectivity index (χ4n) is 2.36. The van der Waals surface area contributed by atoms with Crippen LogP contribution in [0.15, 0.2) is 36.4 Å². The van der Waals surface area contributed by atoms with Crippen LogP contribution in [0.2, 0.25) is 0 Å². The average molecular weight is 287 g/mol. The van der Waals surface area contributed by atoms with Crippen LogP contribution in [0.1, 0.15) is 18.4 Å². The maximum Gasteiger partial charge on any atom is 0.305 e. The molecule has 2 aromatic rings. The zero-order valence-corrected chi connectivity index (χ0v) is 12.5. The summed E-state index contributed by atoms with van der Waals surface area (Å²) in [6.45, 7) is 1.48. The van der Waals surface area contributed by atoms with Gasteiger partial charge in [0, 0.05) is 18.5 Å². The van der Waals surface area contributed by atoms with Gasteiger partial charge in [0.2, 0.25) is 0 Å². The summed E-state index contributed by atoms with van der Waals surface area (Å²) in [7, 11) is 3.10. The summed E-state index contributed by atoms with van der Waals surface area (Å²) >= 11 is 0. The van der Waals surface area contributed by atoms with E-state index in [2.05, 4.69) is 28.3 Å². The average Bonchev–Trinajstić information content (AvgIpc) is 2.54. The zero-order valence-electron chi connectivity index (χ0n) is 12.5. The molecule has 0 fully saturated rings. The molecule has 0 unspecified atom stereocenters. The highest BCUT2D eigenvalue weighted by Crippen LogP contribution is 2.27. The van der Waals surface area contributed by atoms with Gasteiger partial charge >= 0.3 is 5.97 Å². The molecule has 4 nitrogen and oxygen atoms in total. The molecule has 0 bridgehead atoms. The monoisotopic (exact) mass is 287 g/mol. The molecule has 0 saturated carbocycles. The number of ether oxygens (including phenoxy) is 2. The lowest BCUT2D eigenvalue weighted by Crippen LogP contribution is -2.17. The molecule has 2 rings (SSSR count). The van der Waals surface area contributed by atoms with Gasteiger partial charge in [0.15, 0.2) is 0 Å². The van der Waals surface area contributed by atoms with Crippen LogP contribution in [0.3, 0.4) is 0 Å². The Morgan fingerprint density at radius 3 is 2.71 bits per heavy atom. The van der Waals surface area contributed by atoms with E-state index in [0.29, 0.717) is 13.0 Å². The lowest BCUT2D eigenvalue weighted by molar-refractivity contribution is -0.140. The second-order valence-corrected chi connectivity index (χ2v) is 4.82. The first-order chi connectivity index (χ1) is 10.3. The van der Waals surface area contributed by atoms with Crippen LogP contribution >= 0.6 is 0 Å². The van der Waals surface area contributed by atoms with E-state index in [4.69, 9.17) is 4.74 Å². The second kappa shape index (κ2) is 7.64. The maximum absolute atomic E-state index is 11.1. The van der Waals surface area contributed by atoms with Gasteiger partial charge in [-0.15, -0.1) is 0 Å². The third-order valence-electron chi connectivity index (χ3n) is 3.48. The van der Waals surface area contributed by atoms with E-state index < -0.39 is 0 Å². The predicted octanol–water partition coefficient (Wildman–Crippen LogP) is 2.89. The van der Waals surface area contributed by atoms with Gasteiger partial charge in [-0.2, -0.15) is 0 Å². The van der Waals surface area contributed by atoms with E-state index in [1.807, 2.05) is 18.2 Å². The lowest BCUT2D eigenvalue weighted by Gasteiger charge is -2.13. The summed E-state index contributed by atoms with van der Waals surface area (Å²) < 4.78 is 10.1. The highest BCUT2D eigenvalue weighted by Gasteiger charge is 2.07. The Labute approximate surface area is 125 Å². The van der Waals surface area contributed by atoms with Crippen molar-refractivity contribution in [2.24, 2.45) is 0 Å². The SMILES string of the molecule is COC(=O)CCCNCc1c(OC)ccc2ccccc12. The van der Waals surface area contributed by atoms with Crippen molar-refractivity contribution in [1.82, 2.24) is 5.32 Å². The van der Waals surface area contributed by atoms with E-state index in [9.17, 15) is 4.79 Å². The molecule has 0 radical (unpaired) electrons. The molecule has 112 valence electrons. The number of benzene rings is 2. The Bertz CT molecular complexity index is 610. The molecule has 21 heavy (non-hydrogen) atoms. The molecule has 0 saturated heterocycles. The number of fused-ring (bicyclic) bond motifs is 1. The summed E-state index contributed by atoms with van der Waals surface area (Å²) in [4.78, 5) is 11.1. The minimum absolute atomic E-state index is 0.167. The summed E-state index contributed by atoms with van der Waals surface area (Å²) in [5.74, 6) is 0.716. The highest BCUT2D eigenvalue weighted by atomic mass is 16.5. The molecule has 0 amide bonds. The van der Waals surface area contributed by atoms with Crippen LogP contribution in [-0.4, -0.2) is 26.7 Å². The number of hydrogen-bond acceptors (Lipinski definition) is 4. The fraction of sp³-hybridized carbons (Fsp3) is 0.353. The van der Waals surface area contributed by atoms with Gasteiger partial charge in [-0.25, -0.2) is 0 Å². The number of carbonyl (C=O) groups is 1. The number of nitrogens with one attached hydrogen (secondary N) is 1. The van der Waals surface area contributed by atoms with Crippen molar-refractivity contribution in [3.8, 4) is 5.75 Å². The number of carbonyl (C=O) groups excluding carboxylic acids is 1. The highest BCUT2D eigenvalue weighted by molar-refractivity contribution is 5.87. The third-order valence-corrected chi connectivity index (χ3v) is 3.48. The van der Waals surface area contributed by atoms with Crippen molar-refractivity contribution in [1.29, 1.82) is 0 Å². The Morgan fingerprint density at radius 1 is 1.14 bits per heavy atom. The number of methoxy groups -OCH3 is 2. The smallest absolute Gasteiger partial charge is 0.305 e. The molecule has 1 N–H and O–H groups in total. The van der Waals surface area contributed by atoms with Crippen LogP contribution in [0.25, 0.3) is 10.8 Å². The molecule has 0 aliphatic heterocycles. The summed E-state index contributed by atoms with van der Waals surface area (Å²) in [5.41, 5.74) is 1.15. The van der Waals surface area contributed by atoms with Crippen molar-refractivity contribution in [2.75, 3.05) is 20.8 Å². The first kappa shape index (κ1) is 15.3. The van der Waals surface area contributed by atoms with Crippen molar-refractivity contribution >= 4 is 16.7 Å². The topological polar surface area (TPSA) is 47.6 Å². The summed E-state index contributed by atoms with van der Waals surface area (Å²) in [6, 6.07) is 12.3. The molecular formula is C17H21NO3. The van der Waals surface area contributed by atoms with Gasteiger partial charge < -0.3 is 14.8 Å². The lowest BCUT2D eigenvalue weighted by atomic mass is 10.0. The number of rotatable bonds is 7. The minimum Gasteiger partial charge on any atom is -0.496 e. The summed E-state index contributed by atoms with van der Waals surface area (Å²) in [6.07, 6.45) is 1.20. The normalized spacial score (nSPS) is 10.6. The molecule has 0 aromatic heterocycles. The van der Waals surface area contributed by atoms with Gasteiger partial charge in [-0.05, 0) is 29.8 Å². The van der Waals surface area contributed by atoms with Gasteiger partial charge in [-0.1, -0.05) is 30.3 Å². The zero-order chi connectivity index (χ0) is 15.1. The van der Waals surface area contributed by atoms with Gasteiger partial charge in [-0.3, -0.25) is 4.79 Å². The number of hydrogen-bond donors (Lipinski definition) is 1. The molecular weight excluding hydrogens is 266 g/mol. The standard InChI is InChI=1S/C17H21NO3/c1-20-16-10-9-13-6-3-4-7-14(13)15(16)12-18-11-5-8-17(19)21-2/h3-4,6-7,9-10,18H,5,8,11-12H2,1-2H3. The molecule has 4 heteroatoms. The van der Waals surface area contributed by atoms with Crippen molar-refractivity contribution in [3.63, 3.8) is 0 Å². The predicted molar refractivity (Wildman–Crippen MR) is 83.5 cm³/mol. The first-order valence-electron chi connectivity index (χ1n) is 7.08. The fourth-order valence-corrected chi connectivity index (χ4v) is 2.36. The van der Waals surface area contributed by atoms with Crippen LogP contribution in [-0.2, 0) is 16.1 Å². The maximum atomic E-state index is 11.1. The van der Waals surface area contributed by atoms with Gasteiger partial charge in [0.1, 0.15) is 5.75 Å². The minimum atomic E-state index is -0.167. The first-order valence-corrected chi connectivity index (χ1v) is 7.08. The Morgan fingerprint density at radius 2 is 1.95 bits per heavy atom. The third kappa shape index (κ3) is 3.95. The van der Waals surface area contributed by atoms with Gasteiger partial charge in [0.05, 0.1) is 14.2 Å². The largest absolute Gasteiger partial charge is 0.496 e. The Hall–Kier alpha value is -2.07. The van der Waals surface area contributed by atoms with Crippen molar-refractivity contribution in [2.45, 2.75) is 19.4 Å². The molecule has 0 aliphatic rings. The van der Waals surface area contributed by atoms with E-state index in [1.54, 1.807) is 7.11 Å². The molecule has 2 aromatic carbocycles. The van der Waals surface area contributed by atoms with Crippen LogP contribution < -0.4 is 10.1 Å². The van der Waals surface area contributed by atoms with Crippen LogP contribution in [0, 0.1) is 0 Å². The molecule has 0 aliphatic carbocycles. The summed E-state index contributed by atoms with van der Waals surface area (Å²) in [5, 5.41) is 5.75. The molecule has 0 heterocycles. The van der Waals surface area contributed by atoms with Gasteiger partial charge in [0.25, 0.3) is 0 Å². The van der Waals surface area contributed by atoms with Crippen molar-refractivity contribution in [3.05, 3.63) is 42.0 Å². The van der Waals surface area contributed by atoms with E-state index in [1.165, 1.54) is 17.9 Å². The van der Waals surface area contributed by atoms with Crippen LogP contribution in [0.4, 0.5) is 0 Å². The Balaban J connectivity index is 2.01. The Kier molecular flexibility index (Phi) is 5.58. The number of esters is 1. The second-order valence-electron chi connectivity index (χ2n) is 4.82. The quantitative estimate of drug-likeness (QED) is 0.628. The van der Waals surface area contributed by atoms with E-state index >= 15 is 0 Å². The van der Waals surface area contributed by atoms with Crippen molar-refractivity contribution < 1.29 is 14.3 Å². The molecule has 0 atom stereocenters. The molecule has 0 spiro atoms.